The first-order chi connectivity index (χ1) is 24.3. The Balaban J connectivity index is 1.12. The van der Waals surface area contributed by atoms with Crippen molar-refractivity contribution in [3.8, 4) is 33.1 Å². The minimum absolute atomic E-state index is 0.0927. The summed E-state index contributed by atoms with van der Waals surface area (Å²) in [6.07, 6.45) is 2.22. The van der Waals surface area contributed by atoms with Crippen LogP contribution in [0, 0.1) is 0 Å². The molecule has 1 aromatic heterocycles. The number of fused-ring (bicyclic) bond motifs is 9. The van der Waals surface area contributed by atoms with E-state index in [2.05, 4.69) is 175 Å². The summed E-state index contributed by atoms with van der Waals surface area (Å²) in [5.41, 5.74) is 11.5. The highest BCUT2D eigenvalue weighted by Gasteiger charge is 2.51. The molecule has 3 heterocycles. The Morgan fingerprint density at radius 1 is 0.531 bits per heavy atom. The van der Waals surface area contributed by atoms with E-state index in [0.717, 1.165) is 43.9 Å². The van der Waals surface area contributed by atoms with Crippen LogP contribution in [0.3, 0.4) is 0 Å². The monoisotopic (exact) mass is 646 g/mol. The third kappa shape index (κ3) is 4.24. The number of amidine groups is 1. The van der Waals surface area contributed by atoms with Crippen LogP contribution >= 0.6 is 11.3 Å². The molecule has 0 saturated heterocycles. The standard InChI is InChI=1S/C45H30N2OS/c1-3-14-29(15-4-1)38-28-39(30-16-5-2-6-17-30)47-44(46-38)42-27-26-41(49-42)33-20-13-24-37-43(33)48-40-25-12-11-23-36(40)45(37)34-21-9-7-18-31(34)32-19-8-10-22-35(32)45/h1-28,38H,(H,46,47). The second-order valence-corrected chi connectivity index (χ2v) is 13.8. The van der Waals surface area contributed by atoms with Gasteiger partial charge in [0.25, 0.3) is 0 Å². The van der Waals surface area contributed by atoms with Gasteiger partial charge in [0.15, 0.2) is 0 Å². The van der Waals surface area contributed by atoms with Crippen LogP contribution in [0.4, 0.5) is 0 Å². The second kappa shape index (κ2) is 11.0. The Hall–Kier alpha value is -5.97. The zero-order valence-electron chi connectivity index (χ0n) is 26.5. The number of para-hydroxylation sites is 2. The van der Waals surface area contributed by atoms with Crippen molar-refractivity contribution in [3.63, 3.8) is 0 Å². The van der Waals surface area contributed by atoms with Gasteiger partial charge in [-0.15, -0.1) is 11.3 Å². The van der Waals surface area contributed by atoms with Crippen LogP contribution in [0.25, 0.3) is 27.3 Å². The smallest absolute Gasteiger partial charge is 0.143 e. The number of aliphatic imine (C=N–C) groups is 1. The molecule has 1 N–H and O–H groups in total. The topological polar surface area (TPSA) is 33.6 Å². The molecule has 0 amide bonds. The first-order valence-electron chi connectivity index (χ1n) is 16.7. The summed E-state index contributed by atoms with van der Waals surface area (Å²) >= 11 is 1.74. The average Bonchev–Trinajstić information content (AvgIpc) is 3.78. The Labute approximate surface area is 289 Å². The molecule has 1 aliphatic carbocycles. The molecule has 0 fully saturated rings. The molecule has 4 heteroatoms. The average molecular weight is 647 g/mol. The number of thiophene rings is 1. The SMILES string of the molecule is C1=C(c2ccccc2)NC(c2ccc(-c3cccc4c3Oc3ccccc3C43c4ccccc4-c4ccccc43)s2)=NC1c1ccccc1. The lowest BCUT2D eigenvalue weighted by Crippen LogP contribution is -2.32. The number of nitrogens with one attached hydrogen (secondary N) is 1. The predicted octanol–water partition coefficient (Wildman–Crippen LogP) is 11.0. The lowest BCUT2D eigenvalue weighted by atomic mass is 9.66. The predicted molar refractivity (Wildman–Crippen MR) is 200 cm³/mol. The summed E-state index contributed by atoms with van der Waals surface area (Å²) in [5.74, 6) is 2.68. The van der Waals surface area contributed by atoms with Gasteiger partial charge in [-0.1, -0.05) is 140 Å². The zero-order valence-corrected chi connectivity index (χ0v) is 27.3. The first kappa shape index (κ1) is 28.1. The Morgan fingerprint density at radius 2 is 1.12 bits per heavy atom. The van der Waals surface area contributed by atoms with E-state index in [4.69, 9.17) is 9.73 Å². The van der Waals surface area contributed by atoms with Crippen LogP contribution in [-0.4, -0.2) is 5.84 Å². The van der Waals surface area contributed by atoms with Gasteiger partial charge in [0.05, 0.1) is 16.3 Å². The normalized spacial score (nSPS) is 16.3. The highest BCUT2D eigenvalue weighted by Crippen LogP contribution is 2.63. The fourth-order valence-electron chi connectivity index (χ4n) is 7.95. The summed E-state index contributed by atoms with van der Waals surface area (Å²) in [4.78, 5) is 7.46. The molecule has 1 unspecified atom stereocenters. The van der Waals surface area contributed by atoms with E-state index >= 15 is 0 Å². The number of hydrogen-bond donors (Lipinski definition) is 1. The molecule has 7 aromatic rings. The van der Waals surface area contributed by atoms with Gasteiger partial charge in [-0.3, -0.25) is 4.99 Å². The molecule has 3 nitrogen and oxygen atoms in total. The number of ether oxygens (including phenoxy) is 1. The number of nitrogens with zero attached hydrogens (tertiary/aromatic N) is 1. The third-order valence-electron chi connectivity index (χ3n) is 10.1. The molecule has 232 valence electrons. The maximum Gasteiger partial charge on any atom is 0.143 e. The maximum atomic E-state index is 6.94. The largest absolute Gasteiger partial charge is 0.456 e. The van der Waals surface area contributed by atoms with Gasteiger partial charge in [-0.2, -0.15) is 0 Å². The number of hydrogen-bond acceptors (Lipinski definition) is 4. The van der Waals surface area contributed by atoms with Crippen molar-refractivity contribution in [3.05, 3.63) is 208 Å². The van der Waals surface area contributed by atoms with Crippen molar-refractivity contribution in [2.45, 2.75) is 11.5 Å². The number of rotatable bonds is 4. The maximum absolute atomic E-state index is 6.94. The Bertz CT molecular complexity index is 2410. The number of benzene rings is 6. The van der Waals surface area contributed by atoms with Gasteiger partial charge in [0.2, 0.25) is 0 Å². The van der Waals surface area contributed by atoms with Gasteiger partial charge < -0.3 is 10.1 Å². The van der Waals surface area contributed by atoms with Crippen molar-refractivity contribution in [2.75, 3.05) is 0 Å². The van der Waals surface area contributed by atoms with Gasteiger partial charge in [0.1, 0.15) is 17.3 Å². The Kier molecular flexibility index (Phi) is 6.33. The molecule has 6 aromatic carbocycles. The second-order valence-electron chi connectivity index (χ2n) is 12.7. The fraction of sp³-hybridized carbons (Fsp3) is 0.0444. The van der Waals surface area contributed by atoms with Gasteiger partial charge in [0, 0.05) is 27.3 Å². The van der Waals surface area contributed by atoms with E-state index in [1.165, 1.54) is 38.9 Å². The minimum Gasteiger partial charge on any atom is -0.456 e. The molecule has 0 bridgehead atoms. The summed E-state index contributed by atoms with van der Waals surface area (Å²) in [6, 6.07) is 58.2. The highest BCUT2D eigenvalue weighted by molar-refractivity contribution is 7.17. The molecular weight excluding hydrogens is 617 g/mol. The van der Waals surface area contributed by atoms with E-state index in [-0.39, 0.29) is 6.04 Å². The van der Waals surface area contributed by atoms with Crippen molar-refractivity contribution >= 4 is 22.9 Å². The minimum atomic E-state index is -0.485. The van der Waals surface area contributed by atoms with E-state index in [1.54, 1.807) is 11.3 Å². The van der Waals surface area contributed by atoms with Crippen molar-refractivity contribution in [2.24, 2.45) is 4.99 Å². The van der Waals surface area contributed by atoms with E-state index in [1.807, 2.05) is 0 Å². The van der Waals surface area contributed by atoms with Gasteiger partial charge in [-0.05, 0) is 63.7 Å². The van der Waals surface area contributed by atoms with Crippen LogP contribution in [0.15, 0.2) is 175 Å². The molecular formula is C45H30N2OS. The molecule has 0 radical (unpaired) electrons. The summed E-state index contributed by atoms with van der Waals surface area (Å²) in [6.45, 7) is 0. The van der Waals surface area contributed by atoms with Crippen molar-refractivity contribution < 1.29 is 4.74 Å². The van der Waals surface area contributed by atoms with Gasteiger partial charge >= 0.3 is 0 Å². The summed E-state index contributed by atoms with van der Waals surface area (Å²) < 4.78 is 6.94. The van der Waals surface area contributed by atoms with E-state index < -0.39 is 5.41 Å². The van der Waals surface area contributed by atoms with E-state index in [0.29, 0.717) is 0 Å². The lowest BCUT2D eigenvalue weighted by molar-refractivity contribution is 0.438. The van der Waals surface area contributed by atoms with Crippen LogP contribution in [0.5, 0.6) is 11.5 Å². The first-order valence-corrected chi connectivity index (χ1v) is 17.5. The summed E-state index contributed by atoms with van der Waals surface area (Å²) in [7, 11) is 0. The van der Waals surface area contributed by atoms with Crippen LogP contribution < -0.4 is 10.1 Å². The third-order valence-corrected chi connectivity index (χ3v) is 11.2. The van der Waals surface area contributed by atoms with Crippen molar-refractivity contribution in [1.82, 2.24) is 5.32 Å². The quantitative estimate of drug-likeness (QED) is 0.206. The van der Waals surface area contributed by atoms with E-state index in [9.17, 15) is 0 Å². The Morgan fingerprint density at radius 3 is 1.88 bits per heavy atom. The molecule has 2 aliphatic heterocycles. The molecule has 3 aliphatic rings. The van der Waals surface area contributed by atoms with Crippen LogP contribution in [-0.2, 0) is 5.41 Å². The highest BCUT2D eigenvalue weighted by atomic mass is 32.1. The molecule has 49 heavy (non-hydrogen) atoms. The lowest BCUT2D eigenvalue weighted by Gasteiger charge is -2.40. The zero-order chi connectivity index (χ0) is 32.4. The van der Waals surface area contributed by atoms with Crippen molar-refractivity contribution in [1.29, 1.82) is 0 Å². The fourth-order valence-corrected chi connectivity index (χ4v) is 8.93. The molecule has 1 atom stereocenters. The molecule has 0 saturated carbocycles. The van der Waals surface area contributed by atoms with Gasteiger partial charge in [-0.25, -0.2) is 0 Å². The molecule has 1 spiro atoms. The molecule has 10 rings (SSSR count). The summed E-state index contributed by atoms with van der Waals surface area (Å²) in [5, 5.41) is 3.68. The van der Waals surface area contributed by atoms with Crippen LogP contribution in [0.1, 0.15) is 44.3 Å². The van der Waals surface area contributed by atoms with Crippen LogP contribution in [0.2, 0.25) is 0 Å².